The van der Waals surface area contributed by atoms with Gasteiger partial charge in [0.1, 0.15) is 0 Å². The standard InChI is InChI=1S/C16H15NO2/c1-12-8-10-14(11-9-12)13(2)17-19-16(18)15-6-4-3-5-7-15/h3-11H,1-2H3. The largest absolute Gasteiger partial charge is 0.365 e. The lowest BCUT2D eigenvalue weighted by Crippen LogP contribution is -2.03. The van der Waals surface area contributed by atoms with Crippen LogP contribution >= 0.6 is 0 Å². The molecule has 0 aliphatic rings. The summed E-state index contributed by atoms with van der Waals surface area (Å²) in [5.41, 5.74) is 3.27. The lowest BCUT2D eigenvalue weighted by molar-refractivity contribution is 0.0516. The fraction of sp³-hybridized carbons (Fsp3) is 0.125. The zero-order valence-corrected chi connectivity index (χ0v) is 11.0. The zero-order valence-electron chi connectivity index (χ0n) is 11.0. The molecule has 2 rings (SSSR count). The molecule has 2 aromatic carbocycles. The second-order valence-electron chi connectivity index (χ2n) is 4.29. The fourth-order valence-electron chi connectivity index (χ4n) is 1.58. The lowest BCUT2D eigenvalue weighted by atomic mass is 10.1. The Morgan fingerprint density at radius 3 is 2.21 bits per heavy atom. The lowest BCUT2D eigenvalue weighted by Gasteiger charge is -2.02. The molecule has 0 unspecified atom stereocenters. The van der Waals surface area contributed by atoms with Crippen LogP contribution in [0.15, 0.2) is 59.8 Å². The van der Waals surface area contributed by atoms with E-state index in [0.29, 0.717) is 11.3 Å². The molecule has 0 saturated carbocycles. The number of carbonyl (C=O) groups excluding carboxylic acids is 1. The van der Waals surface area contributed by atoms with Crippen molar-refractivity contribution >= 4 is 11.7 Å². The smallest absolute Gasteiger partial charge is 0.313 e. The molecule has 0 aliphatic carbocycles. The second kappa shape index (κ2) is 5.96. The Kier molecular flexibility index (Phi) is 4.08. The van der Waals surface area contributed by atoms with Crippen molar-refractivity contribution in [1.82, 2.24) is 0 Å². The molecule has 19 heavy (non-hydrogen) atoms. The van der Waals surface area contributed by atoms with Crippen molar-refractivity contribution in [2.24, 2.45) is 5.16 Å². The molecule has 3 heteroatoms. The zero-order chi connectivity index (χ0) is 13.7. The topological polar surface area (TPSA) is 38.7 Å². The molecule has 2 aromatic rings. The minimum Gasteiger partial charge on any atom is -0.313 e. The average Bonchev–Trinajstić information content (AvgIpc) is 2.46. The van der Waals surface area contributed by atoms with E-state index in [9.17, 15) is 4.79 Å². The number of carbonyl (C=O) groups is 1. The highest BCUT2D eigenvalue weighted by Crippen LogP contribution is 2.06. The summed E-state index contributed by atoms with van der Waals surface area (Å²) in [5, 5.41) is 3.87. The van der Waals surface area contributed by atoms with E-state index in [1.165, 1.54) is 5.56 Å². The summed E-state index contributed by atoms with van der Waals surface area (Å²) in [6, 6.07) is 16.7. The SMILES string of the molecule is CC(=NOC(=O)c1ccccc1)c1ccc(C)cc1. The van der Waals surface area contributed by atoms with E-state index in [1.54, 1.807) is 24.3 Å². The van der Waals surface area contributed by atoms with Gasteiger partial charge in [0.05, 0.1) is 11.3 Å². The number of hydrogen-bond acceptors (Lipinski definition) is 3. The maximum absolute atomic E-state index is 11.7. The molecule has 0 aliphatic heterocycles. The van der Waals surface area contributed by atoms with Gasteiger partial charge in [-0.15, -0.1) is 0 Å². The minimum absolute atomic E-state index is 0.452. The molecule has 0 N–H and O–H groups in total. The van der Waals surface area contributed by atoms with Crippen LogP contribution in [0.4, 0.5) is 0 Å². The molecule has 0 fully saturated rings. The van der Waals surface area contributed by atoms with Crippen LogP contribution in [0, 0.1) is 6.92 Å². The third kappa shape index (κ3) is 3.52. The van der Waals surface area contributed by atoms with Crippen LogP contribution in [-0.4, -0.2) is 11.7 Å². The molecule has 0 radical (unpaired) electrons. The Bertz CT molecular complexity index is 586. The summed E-state index contributed by atoms with van der Waals surface area (Å²) in [5.74, 6) is -0.452. The van der Waals surface area contributed by atoms with Crippen molar-refractivity contribution in [1.29, 1.82) is 0 Å². The normalized spacial score (nSPS) is 11.2. The first-order valence-electron chi connectivity index (χ1n) is 6.05. The van der Waals surface area contributed by atoms with Gasteiger partial charge in [0, 0.05) is 0 Å². The monoisotopic (exact) mass is 253 g/mol. The average molecular weight is 253 g/mol. The van der Waals surface area contributed by atoms with Crippen LogP contribution in [0.25, 0.3) is 0 Å². The Morgan fingerprint density at radius 2 is 1.58 bits per heavy atom. The highest BCUT2D eigenvalue weighted by atomic mass is 16.7. The summed E-state index contributed by atoms with van der Waals surface area (Å²) in [4.78, 5) is 16.6. The molecule has 3 nitrogen and oxygen atoms in total. The third-order valence-corrected chi connectivity index (χ3v) is 2.74. The number of aryl methyl sites for hydroxylation is 1. The highest BCUT2D eigenvalue weighted by molar-refractivity contribution is 5.99. The van der Waals surface area contributed by atoms with Crippen molar-refractivity contribution in [3.05, 3.63) is 71.3 Å². The van der Waals surface area contributed by atoms with E-state index in [4.69, 9.17) is 4.84 Å². The van der Waals surface area contributed by atoms with Crippen molar-refractivity contribution in [2.75, 3.05) is 0 Å². The quantitative estimate of drug-likeness (QED) is 0.476. The van der Waals surface area contributed by atoms with Crippen LogP contribution in [0.3, 0.4) is 0 Å². The first-order valence-corrected chi connectivity index (χ1v) is 6.05. The third-order valence-electron chi connectivity index (χ3n) is 2.74. The van der Waals surface area contributed by atoms with E-state index in [0.717, 1.165) is 5.56 Å². The maximum atomic E-state index is 11.7. The van der Waals surface area contributed by atoms with Gasteiger partial charge in [0.25, 0.3) is 0 Å². The molecule has 0 atom stereocenters. The Balaban J connectivity index is 2.06. The van der Waals surface area contributed by atoms with E-state index in [-0.39, 0.29) is 0 Å². The molecular formula is C16H15NO2. The van der Waals surface area contributed by atoms with Crippen molar-refractivity contribution in [2.45, 2.75) is 13.8 Å². The first-order chi connectivity index (χ1) is 9.16. The Labute approximate surface area is 112 Å². The number of rotatable bonds is 3. The Morgan fingerprint density at radius 1 is 0.947 bits per heavy atom. The van der Waals surface area contributed by atoms with E-state index in [2.05, 4.69) is 5.16 Å². The summed E-state index contributed by atoms with van der Waals surface area (Å²) in [6.07, 6.45) is 0. The van der Waals surface area contributed by atoms with Crippen LogP contribution in [0.2, 0.25) is 0 Å². The van der Waals surface area contributed by atoms with Crippen LogP contribution in [0.5, 0.6) is 0 Å². The number of hydrogen-bond donors (Lipinski definition) is 0. The second-order valence-corrected chi connectivity index (χ2v) is 4.29. The van der Waals surface area contributed by atoms with E-state index >= 15 is 0 Å². The summed E-state index contributed by atoms with van der Waals surface area (Å²) in [6.45, 7) is 3.83. The van der Waals surface area contributed by atoms with Crippen molar-refractivity contribution in [3.63, 3.8) is 0 Å². The molecule has 0 bridgehead atoms. The molecule has 0 aromatic heterocycles. The van der Waals surface area contributed by atoms with Crippen LogP contribution in [-0.2, 0) is 4.84 Å². The van der Waals surface area contributed by atoms with Gasteiger partial charge in [-0.1, -0.05) is 53.2 Å². The van der Waals surface area contributed by atoms with Crippen LogP contribution in [0.1, 0.15) is 28.4 Å². The van der Waals surface area contributed by atoms with Crippen molar-refractivity contribution < 1.29 is 9.63 Å². The van der Waals surface area contributed by atoms with E-state index < -0.39 is 5.97 Å². The Hall–Kier alpha value is -2.42. The van der Waals surface area contributed by atoms with Crippen LogP contribution < -0.4 is 0 Å². The molecular weight excluding hydrogens is 238 g/mol. The summed E-state index contributed by atoms with van der Waals surface area (Å²) >= 11 is 0. The summed E-state index contributed by atoms with van der Waals surface area (Å²) in [7, 11) is 0. The van der Waals surface area contributed by atoms with Gasteiger partial charge in [0.15, 0.2) is 0 Å². The number of benzene rings is 2. The van der Waals surface area contributed by atoms with E-state index in [1.807, 2.05) is 44.2 Å². The highest BCUT2D eigenvalue weighted by Gasteiger charge is 2.06. The predicted octanol–water partition coefficient (Wildman–Crippen LogP) is 3.58. The van der Waals surface area contributed by atoms with Gasteiger partial charge in [-0.3, -0.25) is 0 Å². The fourth-order valence-corrected chi connectivity index (χ4v) is 1.58. The molecule has 0 amide bonds. The maximum Gasteiger partial charge on any atom is 0.365 e. The van der Waals surface area contributed by atoms with Gasteiger partial charge < -0.3 is 4.84 Å². The van der Waals surface area contributed by atoms with Gasteiger partial charge in [-0.25, -0.2) is 4.79 Å². The van der Waals surface area contributed by atoms with Gasteiger partial charge in [-0.2, -0.15) is 0 Å². The van der Waals surface area contributed by atoms with Crippen molar-refractivity contribution in [3.8, 4) is 0 Å². The molecule has 0 heterocycles. The van der Waals surface area contributed by atoms with Gasteiger partial charge in [0.2, 0.25) is 0 Å². The van der Waals surface area contributed by atoms with Gasteiger partial charge in [-0.05, 0) is 31.5 Å². The first kappa shape index (κ1) is 13.0. The number of oxime groups is 1. The number of nitrogens with zero attached hydrogens (tertiary/aromatic N) is 1. The molecule has 96 valence electrons. The molecule has 0 spiro atoms. The minimum atomic E-state index is -0.452. The van der Waals surface area contributed by atoms with Gasteiger partial charge >= 0.3 is 5.97 Å². The molecule has 0 saturated heterocycles. The summed E-state index contributed by atoms with van der Waals surface area (Å²) < 4.78 is 0. The predicted molar refractivity (Wildman–Crippen MR) is 75.2 cm³/mol.